The molecule has 6 atom stereocenters. The lowest BCUT2D eigenvalue weighted by atomic mass is 9.73. The van der Waals surface area contributed by atoms with Crippen molar-refractivity contribution < 1.29 is 14.6 Å². The van der Waals surface area contributed by atoms with E-state index in [1.165, 1.54) is 0 Å². The number of rotatable bonds is 5. The number of carbonyl (C=O) groups is 1. The molecule has 110 valence electrons. The van der Waals surface area contributed by atoms with E-state index in [0.717, 1.165) is 32.1 Å². The second-order valence-electron chi connectivity index (χ2n) is 6.31. The van der Waals surface area contributed by atoms with Gasteiger partial charge in [0.2, 0.25) is 0 Å². The molecule has 0 aromatic heterocycles. The molecule has 0 spiro atoms. The Bertz CT molecular complexity index is 341. The summed E-state index contributed by atoms with van der Waals surface area (Å²) in [5.74, 6) is 0.892. The molecule has 1 saturated heterocycles. The van der Waals surface area contributed by atoms with Crippen LogP contribution in [0.2, 0.25) is 0 Å². The van der Waals surface area contributed by atoms with Gasteiger partial charge in [0.1, 0.15) is 5.60 Å². The number of fused-ring (bicyclic) bond motifs is 1. The third-order valence-corrected chi connectivity index (χ3v) is 5.64. The van der Waals surface area contributed by atoms with Crippen LogP contribution in [0.25, 0.3) is 0 Å². The molecule has 0 aromatic carbocycles. The normalized spacial score (nSPS) is 43.1. The van der Waals surface area contributed by atoms with Crippen molar-refractivity contribution in [3.8, 4) is 0 Å². The molecule has 2 rings (SSSR count). The van der Waals surface area contributed by atoms with E-state index < -0.39 is 0 Å². The molecule has 19 heavy (non-hydrogen) atoms. The van der Waals surface area contributed by atoms with Crippen molar-refractivity contribution in [1.82, 2.24) is 0 Å². The van der Waals surface area contributed by atoms with Crippen LogP contribution in [-0.2, 0) is 9.53 Å². The quantitative estimate of drug-likeness (QED) is 0.779. The number of ether oxygens (including phenoxy) is 1. The highest BCUT2D eigenvalue weighted by Crippen LogP contribution is 2.58. The fourth-order valence-electron chi connectivity index (χ4n) is 4.64. The maximum Gasteiger partial charge on any atom is 0.309 e. The van der Waals surface area contributed by atoms with Crippen LogP contribution in [0.3, 0.4) is 0 Å². The van der Waals surface area contributed by atoms with Gasteiger partial charge in [-0.05, 0) is 37.5 Å². The molecule has 0 amide bonds. The molecule has 2 fully saturated rings. The lowest BCUT2D eigenvalue weighted by molar-refractivity contribution is -0.151. The minimum atomic E-state index is -0.299. The van der Waals surface area contributed by atoms with E-state index in [-0.39, 0.29) is 35.4 Å². The molecule has 0 aromatic rings. The summed E-state index contributed by atoms with van der Waals surface area (Å²) in [4.78, 5) is 12.1. The Morgan fingerprint density at radius 2 is 2.00 bits per heavy atom. The summed E-state index contributed by atoms with van der Waals surface area (Å²) in [6, 6.07) is 0. The Labute approximate surface area is 116 Å². The van der Waals surface area contributed by atoms with Crippen LogP contribution in [0.15, 0.2) is 0 Å². The van der Waals surface area contributed by atoms with Crippen molar-refractivity contribution in [1.29, 1.82) is 0 Å². The van der Waals surface area contributed by atoms with Crippen LogP contribution < -0.4 is 0 Å². The molecule has 1 aliphatic carbocycles. The Morgan fingerprint density at radius 3 is 2.47 bits per heavy atom. The summed E-state index contributed by atoms with van der Waals surface area (Å²) in [7, 11) is 0. The Hall–Kier alpha value is -0.570. The van der Waals surface area contributed by atoms with Crippen molar-refractivity contribution >= 4 is 5.97 Å². The number of aliphatic hydroxyl groups excluding tert-OH is 1. The van der Waals surface area contributed by atoms with E-state index in [9.17, 15) is 9.90 Å². The lowest BCUT2D eigenvalue weighted by Crippen LogP contribution is -2.38. The summed E-state index contributed by atoms with van der Waals surface area (Å²) in [5, 5.41) is 10.4. The highest BCUT2D eigenvalue weighted by molar-refractivity contribution is 5.76. The predicted octanol–water partition coefficient (Wildman–Crippen LogP) is 3.15. The first-order valence-corrected chi connectivity index (χ1v) is 7.95. The van der Waals surface area contributed by atoms with E-state index in [4.69, 9.17) is 4.74 Å². The SMILES string of the molecule is CC[C@H]1C[C@]2(CC)OC(=O)[C@@H](CC)[C@@H]2[C@@H]1[C@H](O)CC. The molecule has 0 bridgehead atoms. The minimum absolute atomic E-state index is 0.0114. The van der Waals surface area contributed by atoms with Crippen molar-refractivity contribution in [3.05, 3.63) is 0 Å². The molecule has 1 heterocycles. The molecule has 2 aliphatic rings. The summed E-state index contributed by atoms with van der Waals surface area (Å²) in [6.45, 7) is 8.40. The van der Waals surface area contributed by atoms with Gasteiger partial charge in [0.25, 0.3) is 0 Å². The Morgan fingerprint density at radius 1 is 1.32 bits per heavy atom. The fourth-order valence-corrected chi connectivity index (χ4v) is 4.64. The zero-order chi connectivity index (χ0) is 14.2. The summed E-state index contributed by atoms with van der Waals surface area (Å²) in [6.07, 6.45) is 4.18. The molecule has 1 aliphatic heterocycles. The number of esters is 1. The van der Waals surface area contributed by atoms with Gasteiger partial charge in [0.05, 0.1) is 12.0 Å². The average molecular weight is 268 g/mol. The maximum absolute atomic E-state index is 12.1. The topological polar surface area (TPSA) is 46.5 Å². The first-order valence-electron chi connectivity index (χ1n) is 7.95. The molecule has 0 radical (unpaired) electrons. The van der Waals surface area contributed by atoms with Gasteiger partial charge in [-0.3, -0.25) is 4.79 Å². The maximum atomic E-state index is 12.1. The van der Waals surface area contributed by atoms with Gasteiger partial charge >= 0.3 is 5.97 Å². The third-order valence-electron chi connectivity index (χ3n) is 5.64. The first-order chi connectivity index (χ1) is 9.04. The first kappa shape index (κ1) is 14.8. The number of hydrogen-bond acceptors (Lipinski definition) is 3. The van der Waals surface area contributed by atoms with E-state index in [0.29, 0.717) is 5.92 Å². The second kappa shape index (κ2) is 5.43. The van der Waals surface area contributed by atoms with Gasteiger partial charge in [-0.25, -0.2) is 0 Å². The third kappa shape index (κ3) is 2.10. The monoisotopic (exact) mass is 268 g/mol. The van der Waals surface area contributed by atoms with Gasteiger partial charge in [0.15, 0.2) is 0 Å². The van der Waals surface area contributed by atoms with Gasteiger partial charge in [-0.2, -0.15) is 0 Å². The largest absolute Gasteiger partial charge is 0.459 e. The summed E-state index contributed by atoms with van der Waals surface area (Å²) < 4.78 is 5.83. The lowest BCUT2D eigenvalue weighted by Gasteiger charge is -2.32. The summed E-state index contributed by atoms with van der Waals surface area (Å²) >= 11 is 0. The molecule has 3 heteroatoms. The highest BCUT2D eigenvalue weighted by atomic mass is 16.6. The molecular weight excluding hydrogens is 240 g/mol. The van der Waals surface area contributed by atoms with Crippen LogP contribution in [0.4, 0.5) is 0 Å². The number of aliphatic hydroxyl groups is 1. The van der Waals surface area contributed by atoms with Crippen molar-refractivity contribution in [3.63, 3.8) is 0 Å². The van der Waals surface area contributed by atoms with Crippen molar-refractivity contribution in [2.24, 2.45) is 23.7 Å². The zero-order valence-corrected chi connectivity index (χ0v) is 12.7. The smallest absolute Gasteiger partial charge is 0.309 e. The minimum Gasteiger partial charge on any atom is -0.459 e. The van der Waals surface area contributed by atoms with Crippen molar-refractivity contribution in [2.45, 2.75) is 71.5 Å². The zero-order valence-electron chi connectivity index (χ0n) is 12.7. The molecular formula is C16H28O3. The van der Waals surface area contributed by atoms with E-state index >= 15 is 0 Å². The molecule has 0 unspecified atom stereocenters. The Kier molecular flexibility index (Phi) is 4.24. The van der Waals surface area contributed by atoms with Gasteiger partial charge in [0, 0.05) is 5.92 Å². The second-order valence-corrected chi connectivity index (χ2v) is 6.31. The highest BCUT2D eigenvalue weighted by Gasteiger charge is 2.63. The van der Waals surface area contributed by atoms with Crippen LogP contribution >= 0.6 is 0 Å². The number of hydrogen-bond donors (Lipinski definition) is 1. The van der Waals surface area contributed by atoms with Crippen molar-refractivity contribution in [2.75, 3.05) is 0 Å². The van der Waals surface area contributed by atoms with E-state index in [1.54, 1.807) is 0 Å². The predicted molar refractivity (Wildman–Crippen MR) is 74.6 cm³/mol. The summed E-state index contributed by atoms with van der Waals surface area (Å²) in [5.41, 5.74) is -0.292. The van der Waals surface area contributed by atoms with Crippen LogP contribution in [0.1, 0.15) is 59.8 Å². The molecule has 1 N–H and O–H groups in total. The standard InChI is InChI=1S/C16H28O3/c1-5-10-9-16(8-4)14(13(10)12(17)7-3)11(6-2)15(18)19-16/h10-14,17H,5-9H2,1-4H3/t10-,11-,12+,13-,14+,16-/m0/s1. The average Bonchev–Trinajstić information content (AvgIpc) is 2.87. The van der Waals surface area contributed by atoms with Gasteiger partial charge in [-0.1, -0.05) is 34.1 Å². The Balaban J connectivity index is 2.38. The van der Waals surface area contributed by atoms with E-state index in [2.05, 4.69) is 20.8 Å². The number of carbonyl (C=O) groups excluding carboxylic acids is 1. The molecule has 1 saturated carbocycles. The fraction of sp³-hybridized carbons (Fsp3) is 0.938. The van der Waals surface area contributed by atoms with Crippen LogP contribution in [-0.4, -0.2) is 22.8 Å². The molecule has 3 nitrogen and oxygen atoms in total. The van der Waals surface area contributed by atoms with Crippen LogP contribution in [0, 0.1) is 23.7 Å². The van der Waals surface area contributed by atoms with E-state index in [1.807, 2.05) is 6.92 Å². The van der Waals surface area contributed by atoms with Gasteiger partial charge in [-0.15, -0.1) is 0 Å². The van der Waals surface area contributed by atoms with Crippen LogP contribution in [0.5, 0.6) is 0 Å². The van der Waals surface area contributed by atoms with Gasteiger partial charge < -0.3 is 9.84 Å².